The van der Waals surface area contributed by atoms with Crippen LogP contribution < -0.4 is 4.72 Å². The summed E-state index contributed by atoms with van der Waals surface area (Å²) in [6.45, 7) is 2.52. The van der Waals surface area contributed by atoms with E-state index in [0.717, 1.165) is 10.9 Å². The molecule has 7 heteroatoms. The smallest absolute Gasteiger partial charge is 0.245 e. The van der Waals surface area contributed by atoms with Crippen LogP contribution in [0.15, 0.2) is 66.9 Å². The minimum Gasteiger partial charge on any atom is -0.339 e. The van der Waals surface area contributed by atoms with Gasteiger partial charge in [-0.2, -0.15) is 0 Å². The molecule has 1 aliphatic heterocycles. The molecule has 0 aliphatic carbocycles. The molecule has 2 atom stereocenters. The zero-order valence-electron chi connectivity index (χ0n) is 15.7. The minimum atomic E-state index is -3.54. The lowest BCUT2D eigenvalue weighted by molar-refractivity contribution is -0.133. The second-order valence-corrected chi connectivity index (χ2v) is 9.13. The summed E-state index contributed by atoms with van der Waals surface area (Å²) in [5, 5.41) is 0.473. The Morgan fingerprint density at radius 3 is 2.57 bits per heavy atom. The van der Waals surface area contributed by atoms with Gasteiger partial charge in [-0.1, -0.05) is 36.4 Å². The average Bonchev–Trinajstić information content (AvgIpc) is 3.35. The molecule has 146 valence electrons. The molecule has 4 rings (SSSR count). The van der Waals surface area contributed by atoms with Crippen LogP contribution in [0.1, 0.15) is 19.4 Å². The number of amides is 1. The molecule has 28 heavy (non-hydrogen) atoms. The zero-order chi connectivity index (χ0) is 19.7. The largest absolute Gasteiger partial charge is 0.339 e. The number of carbonyl (C=O) groups is 1. The maximum absolute atomic E-state index is 13.0. The molecule has 1 amide bonds. The number of hydrogen-bond acceptors (Lipinski definition) is 3. The number of anilines is 1. The van der Waals surface area contributed by atoms with Gasteiger partial charge in [0, 0.05) is 30.5 Å². The van der Waals surface area contributed by atoms with Crippen LogP contribution in [0.2, 0.25) is 0 Å². The Labute approximate surface area is 164 Å². The van der Waals surface area contributed by atoms with Gasteiger partial charge in [-0.15, -0.1) is 0 Å². The van der Waals surface area contributed by atoms with Crippen molar-refractivity contribution in [2.75, 3.05) is 17.8 Å². The number of nitrogens with one attached hydrogen (secondary N) is 1. The number of fused-ring (bicyclic) bond motifs is 1. The number of nitrogens with zero attached hydrogens (tertiary/aromatic N) is 2. The van der Waals surface area contributed by atoms with Crippen molar-refractivity contribution in [3.05, 3.63) is 66.9 Å². The van der Waals surface area contributed by atoms with Crippen LogP contribution in [0.3, 0.4) is 0 Å². The van der Waals surface area contributed by atoms with E-state index in [2.05, 4.69) is 4.72 Å². The Kier molecular flexibility index (Phi) is 4.85. The second-order valence-electron chi connectivity index (χ2n) is 7.17. The van der Waals surface area contributed by atoms with Gasteiger partial charge in [-0.05, 0) is 43.0 Å². The van der Waals surface area contributed by atoms with E-state index in [-0.39, 0.29) is 18.5 Å². The van der Waals surface area contributed by atoms with Crippen molar-refractivity contribution in [3.8, 4) is 0 Å². The number of para-hydroxylation sites is 2. The molecule has 3 aromatic rings. The van der Waals surface area contributed by atoms with Crippen LogP contribution in [-0.4, -0.2) is 42.1 Å². The molecule has 6 nitrogen and oxygen atoms in total. The van der Waals surface area contributed by atoms with Crippen LogP contribution in [0.25, 0.3) is 10.9 Å². The van der Waals surface area contributed by atoms with E-state index in [1.165, 1.54) is 0 Å². The third-order valence-corrected chi connectivity index (χ3v) is 7.12. The summed E-state index contributed by atoms with van der Waals surface area (Å²) in [6, 6.07) is 18.3. The molecule has 0 radical (unpaired) electrons. The highest BCUT2D eigenvalue weighted by molar-refractivity contribution is 7.93. The maximum atomic E-state index is 13.0. The Balaban J connectivity index is 1.47. The predicted molar refractivity (Wildman–Crippen MR) is 111 cm³/mol. The number of hydrogen-bond donors (Lipinski definition) is 1. The Morgan fingerprint density at radius 2 is 1.79 bits per heavy atom. The lowest BCUT2D eigenvalue weighted by Crippen LogP contribution is -2.37. The maximum Gasteiger partial charge on any atom is 0.245 e. The number of benzene rings is 2. The highest BCUT2D eigenvalue weighted by Crippen LogP contribution is 2.25. The molecule has 0 spiro atoms. The standard InChI is InChI=1S/C21H23N3O3S/c1-16(24-14-11-17-7-5-6-10-20(17)24)21(25)23-13-12-19(15-23)28(26,27)22-18-8-3-2-4-9-18/h2-11,14,16,19,22H,12-13,15H2,1H3/t16-,19+/m0/s1. The Morgan fingerprint density at radius 1 is 1.07 bits per heavy atom. The molecule has 0 unspecified atom stereocenters. The van der Waals surface area contributed by atoms with Crippen LogP contribution in [0, 0.1) is 0 Å². The van der Waals surface area contributed by atoms with Crippen LogP contribution in [0.4, 0.5) is 5.69 Å². The number of aromatic nitrogens is 1. The first kappa shape index (κ1) is 18.6. The summed E-state index contributed by atoms with van der Waals surface area (Å²) >= 11 is 0. The van der Waals surface area contributed by atoms with E-state index in [0.29, 0.717) is 18.7 Å². The van der Waals surface area contributed by atoms with Crippen molar-refractivity contribution in [3.63, 3.8) is 0 Å². The summed E-state index contributed by atoms with van der Waals surface area (Å²) in [5.74, 6) is -0.0567. The summed E-state index contributed by atoms with van der Waals surface area (Å²) in [4.78, 5) is 14.7. The molecule has 0 bridgehead atoms. The van der Waals surface area contributed by atoms with Gasteiger partial charge < -0.3 is 9.47 Å². The van der Waals surface area contributed by atoms with E-state index in [9.17, 15) is 13.2 Å². The van der Waals surface area contributed by atoms with E-state index in [1.807, 2.05) is 54.1 Å². The van der Waals surface area contributed by atoms with Gasteiger partial charge in [0.25, 0.3) is 0 Å². The van der Waals surface area contributed by atoms with Gasteiger partial charge in [0.1, 0.15) is 6.04 Å². The van der Waals surface area contributed by atoms with Gasteiger partial charge in [0.15, 0.2) is 0 Å². The first-order valence-electron chi connectivity index (χ1n) is 9.37. The SMILES string of the molecule is C[C@@H](C(=O)N1CC[C@@H](S(=O)(=O)Nc2ccccc2)C1)n1ccc2ccccc21. The molecule has 0 saturated carbocycles. The molecular weight excluding hydrogens is 374 g/mol. The van der Waals surface area contributed by atoms with Crippen molar-refractivity contribution in [1.29, 1.82) is 0 Å². The third kappa shape index (κ3) is 3.49. The van der Waals surface area contributed by atoms with Crippen LogP contribution >= 0.6 is 0 Å². The molecule has 1 aliphatic rings. The fraction of sp³-hybridized carbons (Fsp3) is 0.286. The van der Waals surface area contributed by atoms with Crippen molar-refractivity contribution in [2.45, 2.75) is 24.6 Å². The Hall–Kier alpha value is -2.80. The van der Waals surface area contributed by atoms with Crippen molar-refractivity contribution in [1.82, 2.24) is 9.47 Å². The van der Waals surface area contributed by atoms with E-state index >= 15 is 0 Å². The van der Waals surface area contributed by atoms with E-state index in [4.69, 9.17) is 0 Å². The topological polar surface area (TPSA) is 71.4 Å². The highest BCUT2D eigenvalue weighted by atomic mass is 32.2. The molecular formula is C21H23N3O3S. The van der Waals surface area contributed by atoms with Gasteiger partial charge in [-0.25, -0.2) is 8.42 Å². The number of rotatable bonds is 5. The number of likely N-dealkylation sites (tertiary alicyclic amines) is 1. The fourth-order valence-electron chi connectivity index (χ4n) is 3.76. The molecule has 2 aromatic carbocycles. The van der Waals surface area contributed by atoms with E-state index in [1.54, 1.807) is 29.2 Å². The van der Waals surface area contributed by atoms with Gasteiger partial charge >= 0.3 is 0 Å². The Bertz CT molecular complexity index is 1090. The average molecular weight is 398 g/mol. The second kappa shape index (κ2) is 7.31. The molecule has 2 heterocycles. The van der Waals surface area contributed by atoms with Crippen LogP contribution in [-0.2, 0) is 14.8 Å². The quantitative estimate of drug-likeness (QED) is 0.718. The van der Waals surface area contributed by atoms with E-state index < -0.39 is 15.3 Å². The molecule has 1 aromatic heterocycles. The lowest BCUT2D eigenvalue weighted by Gasteiger charge is -2.23. The summed E-state index contributed by atoms with van der Waals surface area (Å²) in [6.07, 6.45) is 2.35. The molecule has 1 saturated heterocycles. The van der Waals surface area contributed by atoms with Crippen molar-refractivity contribution < 1.29 is 13.2 Å². The first-order chi connectivity index (χ1) is 13.5. The fourth-order valence-corrected chi connectivity index (χ4v) is 5.18. The third-order valence-electron chi connectivity index (χ3n) is 5.33. The van der Waals surface area contributed by atoms with Crippen molar-refractivity contribution in [2.24, 2.45) is 0 Å². The van der Waals surface area contributed by atoms with Crippen molar-refractivity contribution >= 4 is 32.5 Å². The summed E-state index contributed by atoms with van der Waals surface area (Å²) in [5.41, 5.74) is 1.54. The molecule has 1 N–H and O–H groups in total. The lowest BCUT2D eigenvalue weighted by atomic mass is 10.2. The summed E-state index contributed by atoms with van der Waals surface area (Å²) < 4.78 is 30.0. The minimum absolute atomic E-state index is 0.0567. The zero-order valence-corrected chi connectivity index (χ0v) is 16.5. The van der Waals surface area contributed by atoms with Gasteiger partial charge in [0.2, 0.25) is 15.9 Å². The highest BCUT2D eigenvalue weighted by Gasteiger charge is 2.36. The normalized spacial score (nSPS) is 18.3. The molecule has 1 fully saturated rings. The number of sulfonamides is 1. The monoisotopic (exact) mass is 397 g/mol. The van der Waals surface area contributed by atoms with Crippen LogP contribution in [0.5, 0.6) is 0 Å². The predicted octanol–water partition coefficient (Wildman–Crippen LogP) is 3.25. The van der Waals surface area contributed by atoms with Gasteiger partial charge in [0.05, 0.1) is 5.25 Å². The number of carbonyl (C=O) groups excluding carboxylic acids is 1. The summed E-state index contributed by atoms with van der Waals surface area (Å²) in [7, 11) is -3.54. The first-order valence-corrected chi connectivity index (χ1v) is 10.9. The van der Waals surface area contributed by atoms with Gasteiger partial charge in [-0.3, -0.25) is 9.52 Å².